The molecule has 1 heterocycles. The molecule has 1 aromatic carbocycles. The Hall–Kier alpha value is -0.140. The van der Waals surface area contributed by atoms with Gasteiger partial charge in [0.05, 0.1) is 5.56 Å². The van der Waals surface area contributed by atoms with Crippen LogP contribution in [0.5, 0.6) is 0 Å². The van der Waals surface area contributed by atoms with Gasteiger partial charge in [0.15, 0.2) is 0 Å². The number of benzene rings is 1. The minimum absolute atomic E-state index is 0.152. The van der Waals surface area contributed by atoms with Crippen LogP contribution in [0.25, 0.3) is 0 Å². The third kappa shape index (κ3) is 3.24. The Balaban J connectivity index is 2.10. The van der Waals surface area contributed by atoms with Gasteiger partial charge < -0.3 is 10.2 Å². The second kappa shape index (κ2) is 6.34. The van der Waals surface area contributed by atoms with Gasteiger partial charge >= 0.3 is 0 Å². The molecular formula is C13H16BrIN2O. The van der Waals surface area contributed by atoms with Crippen LogP contribution in [-0.4, -0.2) is 37.5 Å². The molecule has 98 valence electrons. The van der Waals surface area contributed by atoms with Crippen molar-refractivity contribution in [1.82, 2.24) is 10.2 Å². The number of carbonyl (C=O) groups excluding carboxylic acids is 1. The summed E-state index contributed by atoms with van der Waals surface area (Å²) in [7, 11) is 1.96. The Morgan fingerprint density at radius 1 is 1.61 bits per heavy atom. The first-order valence-electron chi connectivity index (χ1n) is 6.00. The van der Waals surface area contributed by atoms with Crippen molar-refractivity contribution < 1.29 is 4.79 Å². The number of nitrogens with zero attached hydrogens (tertiary/aromatic N) is 1. The summed E-state index contributed by atoms with van der Waals surface area (Å²) in [5, 5.41) is 3.18. The lowest BCUT2D eigenvalue weighted by Crippen LogP contribution is -2.30. The second-order valence-corrected chi connectivity index (χ2v) is 6.67. The summed E-state index contributed by atoms with van der Waals surface area (Å²) in [6.45, 7) is 2.72. The average molecular weight is 423 g/mol. The molecule has 0 saturated carbocycles. The van der Waals surface area contributed by atoms with Crippen molar-refractivity contribution in [2.75, 3.05) is 26.7 Å². The molecule has 0 radical (unpaired) electrons. The van der Waals surface area contributed by atoms with Gasteiger partial charge in [0.1, 0.15) is 0 Å². The lowest BCUT2D eigenvalue weighted by atomic mass is 10.1. The molecule has 0 aromatic heterocycles. The van der Waals surface area contributed by atoms with Gasteiger partial charge in [0.2, 0.25) is 0 Å². The maximum atomic E-state index is 12.4. The normalized spacial score (nSPS) is 19.3. The summed E-state index contributed by atoms with van der Waals surface area (Å²) in [5.74, 6) is 0.739. The van der Waals surface area contributed by atoms with Gasteiger partial charge in [-0.2, -0.15) is 0 Å². The van der Waals surface area contributed by atoms with Gasteiger partial charge in [-0.1, -0.05) is 15.9 Å². The molecule has 3 nitrogen and oxygen atoms in total. The summed E-state index contributed by atoms with van der Waals surface area (Å²) in [6, 6.07) is 5.85. The van der Waals surface area contributed by atoms with Gasteiger partial charge in [-0.15, -0.1) is 0 Å². The van der Waals surface area contributed by atoms with Crippen LogP contribution in [0.3, 0.4) is 0 Å². The maximum absolute atomic E-state index is 12.4. The summed E-state index contributed by atoms with van der Waals surface area (Å²) in [4.78, 5) is 14.4. The number of rotatable bonds is 3. The number of carbonyl (C=O) groups is 1. The maximum Gasteiger partial charge on any atom is 0.254 e. The Morgan fingerprint density at radius 2 is 2.39 bits per heavy atom. The van der Waals surface area contributed by atoms with Gasteiger partial charge in [-0.25, -0.2) is 0 Å². The van der Waals surface area contributed by atoms with Crippen LogP contribution in [0.15, 0.2) is 22.7 Å². The van der Waals surface area contributed by atoms with E-state index in [4.69, 9.17) is 0 Å². The minimum atomic E-state index is 0.152. The monoisotopic (exact) mass is 422 g/mol. The molecule has 2 rings (SSSR count). The largest absolute Gasteiger partial charge is 0.338 e. The fourth-order valence-corrected chi connectivity index (χ4v) is 3.23. The smallest absolute Gasteiger partial charge is 0.254 e. The highest BCUT2D eigenvalue weighted by Crippen LogP contribution is 2.23. The molecule has 1 N–H and O–H groups in total. The van der Waals surface area contributed by atoms with Crippen LogP contribution in [-0.2, 0) is 0 Å². The SMILES string of the molecule is CNCC1CCN(C(=O)c2cc(Br)ccc2I)C1. The van der Waals surface area contributed by atoms with Gasteiger partial charge in [-0.3, -0.25) is 4.79 Å². The molecule has 1 amide bonds. The standard InChI is InChI=1S/C13H16BrIN2O/c1-16-7-9-4-5-17(8-9)13(18)11-6-10(14)2-3-12(11)15/h2-3,6,9,16H,4-5,7-8H2,1H3. The van der Waals surface area contributed by atoms with E-state index in [9.17, 15) is 4.79 Å². The highest BCUT2D eigenvalue weighted by molar-refractivity contribution is 14.1. The zero-order chi connectivity index (χ0) is 13.1. The molecule has 1 atom stereocenters. The molecular weight excluding hydrogens is 407 g/mol. The van der Waals surface area contributed by atoms with Crippen LogP contribution in [0, 0.1) is 9.49 Å². The van der Waals surface area contributed by atoms with E-state index in [0.29, 0.717) is 5.92 Å². The van der Waals surface area contributed by atoms with E-state index in [1.54, 1.807) is 0 Å². The fourth-order valence-electron chi connectivity index (χ4n) is 2.30. The number of amides is 1. The Kier molecular flexibility index (Phi) is 5.03. The first kappa shape index (κ1) is 14.3. The van der Waals surface area contributed by atoms with E-state index in [-0.39, 0.29) is 5.91 Å². The lowest BCUT2D eigenvalue weighted by Gasteiger charge is -2.17. The van der Waals surface area contributed by atoms with Crippen molar-refractivity contribution in [1.29, 1.82) is 0 Å². The van der Waals surface area contributed by atoms with E-state index < -0.39 is 0 Å². The van der Waals surface area contributed by atoms with Gasteiger partial charge in [0, 0.05) is 21.1 Å². The van der Waals surface area contributed by atoms with Crippen LogP contribution in [0.1, 0.15) is 16.8 Å². The summed E-state index contributed by atoms with van der Waals surface area (Å²) >= 11 is 5.65. The Bertz CT molecular complexity index is 453. The lowest BCUT2D eigenvalue weighted by molar-refractivity contribution is 0.0786. The number of hydrogen-bond acceptors (Lipinski definition) is 2. The van der Waals surface area contributed by atoms with Crippen LogP contribution in [0.2, 0.25) is 0 Å². The quantitative estimate of drug-likeness (QED) is 0.759. The molecule has 1 aliphatic rings. The highest BCUT2D eigenvalue weighted by atomic mass is 127. The molecule has 1 saturated heterocycles. The molecule has 18 heavy (non-hydrogen) atoms. The summed E-state index contributed by atoms with van der Waals surface area (Å²) < 4.78 is 1.97. The number of halogens is 2. The molecule has 0 spiro atoms. The van der Waals surface area contributed by atoms with E-state index in [1.807, 2.05) is 30.1 Å². The van der Waals surface area contributed by atoms with Crippen LogP contribution < -0.4 is 5.32 Å². The number of likely N-dealkylation sites (tertiary alicyclic amines) is 1. The summed E-state index contributed by atoms with van der Waals surface area (Å²) in [5.41, 5.74) is 0.801. The van der Waals surface area contributed by atoms with E-state index in [1.165, 1.54) is 0 Å². The predicted octanol–water partition coefficient (Wildman–Crippen LogP) is 2.74. The molecule has 1 aliphatic heterocycles. The highest BCUT2D eigenvalue weighted by Gasteiger charge is 2.27. The predicted molar refractivity (Wildman–Crippen MR) is 84.8 cm³/mol. The van der Waals surface area contributed by atoms with Crippen molar-refractivity contribution in [3.8, 4) is 0 Å². The Labute approximate surface area is 130 Å². The number of nitrogens with one attached hydrogen (secondary N) is 1. The third-order valence-electron chi connectivity index (χ3n) is 3.22. The Morgan fingerprint density at radius 3 is 3.11 bits per heavy atom. The zero-order valence-corrected chi connectivity index (χ0v) is 14.0. The molecule has 0 bridgehead atoms. The zero-order valence-electron chi connectivity index (χ0n) is 10.2. The van der Waals surface area contributed by atoms with Crippen molar-refractivity contribution in [3.05, 3.63) is 31.8 Å². The van der Waals surface area contributed by atoms with Gasteiger partial charge in [0.25, 0.3) is 5.91 Å². The summed E-state index contributed by atoms with van der Waals surface area (Å²) in [6.07, 6.45) is 1.09. The first-order chi connectivity index (χ1) is 8.61. The van der Waals surface area contributed by atoms with E-state index in [0.717, 1.165) is 39.7 Å². The first-order valence-corrected chi connectivity index (χ1v) is 7.88. The van der Waals surface area contributed by atoms with Crippen molar-refractivity contribution in [2.45, 2.75) is 6.42 Å². The molecule has 1 fully saturated rings. The third-order valence-corrected chi connectivity index (χ3v) is 4.66. The van der Waals surface area contributed by atoms with Gasteiger partial charge in [-0.05, 0) is 66.7 Å². The molecule has 1 unspecified atom stereocenters. The fraction of sp³-hybridized carbons (Fsp3) is 0.462. The molecule has 5 heteroatoms. The van der Waals surface area contributed by atoms with Crippen LogP contribution in [0.4, 0.5) is 0 Å². The van der Waals surface area contributed by atoms with Crippen LogP contribution >= 0.6 is 38.5 Å². The number of hydrogen-bond donors (Lipinski definition) is 1. The van der Waals surface area contributed by atoms with E-state index >= 15 is 0 Å². The van der Waals surface area contributed by atoms with Crippen molar-refractivity contribution in [3.63, 3.8) is 0 Å². The minimum Gasteiger partial charge on any atom is -0.338 e. The second-order valence-electron chi connectivity index (χ2n) is 4.59. The topological polar surface area (TPSA) is 32.3 Å². The molecule has 1 aromatic rings. The van der Waals surface area contributed by atoms with E-state index in [2.05, 4.69) is 43.8 Å². The molecule has 0 aliphatic carbocycles. The van der Waals surface area contributed by atoms with Crippen molar-refractivity contribution in [2.24, 2.45) is 5.92 Å². The average Bonchev–Trinajstić information content (AvgIpc) is 2.80. The van der Waals surface area contributed by atoms with Crippen molar-refractivity contribution >= 4 is 44.4 Å².